The van der Waals surface area contributed by atoms with Gasteiger partial charge in [-0.3, -0.25) is 9.59 Å². The molecule has 1 spiro atoms. The number of aryl methyl sites for hydroxylation is 1. The molecule has 162 valence electrons. The molecule has 0 radical (unpaired) electrons. The number of amides is 2. The lowest BCUT2D eigenvalue weighted by Gasteiger charge is -2.33. The molecule has 0 N–H and O–H groups in total. The minimum Gasteiger partial charge on any atom is -0.311 e. The predicted octanol–water partition coefficient (Wildman–Crippen LogP) is 4.86. The van der Waals surface area contributed by atoms with E-state index in [1.807, 2.05) is 31.2 Å². The Morgan fingerprint density at radius 3 is 2.53 bits per heavy atom. The van der Waals surface area contributed by atoms with E-state index >= 15 is 0 Å². The van der Waals surface area contributed by atoms with E-state index in [1.54, 1.807) is 11.0 Å². The van der Waals surface area contributed by atoms with Crippen molar-refractivity contribution in [3.63, 3.8) is 0 Å². The normalized spacial score (nSPS) is 19.7. The Kier molecular flexibility index (Phi) is 5.01. The van der Waals surface area contributed by atoms with E-state index in [1.165, 1.54) is 53.1 Å². The van der Waals surface area contributed by atoms with Crippen LogP contribution in [-0.2, 0) is 16.2 Å². The lowest BCUT2D eigenvalue weighted by molar-refractivity contribution is -0.123. The first kappa shape index (κ1) is 20.7. The number of thioether (sulfide) groups is 1. The molecule has 2 aliphatic rings. The highest BCUT2D eigenvalue weighted by Crippen LogP contribution is 2.54. The van der Waals surface area contributed by atoms with Gasteiger partial charge in [-0.1, -0.05) is 29.8 Å². The molecule has 1 atom stereocenters. The van der Waals surface area contributed by atoms with Crippen LogP contribution in [0.4, 0.5) is 14.5 Å². The van der Waals surface area contributed by atoms with Gasteiger partial charge in [0.25, 0.3) is 11.8 Å². The summed E-state index contributed by atoms with van der Waals surface area (Å²) in [7, 11) is 0. The third-order valence-electron chi connectivity index (χ3n) is 5.91. The molecule has 3 aromatic rings. The summed E-state index contributed by atoms with van der Waals surface area (Å²) >= 11 is 1.34. The van der Waals surface area contributed by atoms with Crippen molar-refractivity contribution in [1.82, 2.24) is 4.90 Å². The quantitative estimate of drug-likeness (QED) is 0.572. The summed E-state index contributed by atoms with van der Waals surface area (Å²) in [6.07, 6.45) is 0. The van der Waals surface area contributed by atoms with Gasteiger partial charge < -0.3 is 9.80 Å². The van der Waals surface area contributed by atoms with Gasteiger partial charge in [0, 0.05) is 23.4 Å². The Bertz CT molecular complexity index is 1230. The first-order valence-electron chi connectivity index (χ1n) is 10.3. The van der Waals surface area contributed by atoms with Gasteiger partial charge in [0.15, 0.2) is 4.87 Å². The number of carbonyl (C=O) groups excluding carboxylic acids is 2. The van der Waals surface area contributed by atoms with Crippen LogP contribution in [0.3, 0.4) is 0 Å². The zero-order valence-corrected chi connectivity index (χ0v) is 18.2. The van der Waals surface area contributed by atoms with Crippen LogP contribution in [0.2, 0.25) is 0 Å². The lowest BCUT2D eigenvalue weighted by Crippen LogP contribution is -2.50. The van der Waals surface area contributed by atoms with Crippen molar-refractivity contribution < 1.29 is 18.4 Å². The first-order chi connectivity index (χ1) is 15.4. The minimum atomic E-state index is -1.34. The highest BCUT2D eigenvalue weighted by molar-refractivity contribution is 8.01. The zero-order chi connectivity index (χ0) is 22.5. The molecule has 2 heterocycles. The fourth-order valence-electron chi connectivity index (χ4n) is 4.49. The Balaban J connectivity index is 1.59. The van der Waals surface area contributed by atoms with Crippen molar-refractivity contribution in [3.05, 3.63) is 101 Å². The van der Waals surface area contributed by atoms with Crippen LogP contribution in [-0.4, -0.2) is 29.0 Å². The van der Waals surface area contributed by atoms with Crippen molar-refractivity contribution in [3.8, 4) is 0 Å². The standard InChI is InChI=1S/C25H20F2N2O2S/c1-16-3-2-4-17(13-16)15-28-22-10-9-20(27)14-21(22)25(24(28)31)29(11-12-32-25)23(30)18-5-7-19(26)8-6-18/h2-10,13-14H,11-12,15H2,1H3. The summed E-state index contributed by atoms with van der Waals surface area (Å²) in [6, 6.07) is 17.4. The molecule has 7 heteroatoms. The van der Waals surface area contributed by atoms with Gasteiger partial charge >= 0.3 is 0 Å². The van der Waals surface area contributed by atoms with Crippen LogP contribution in [0.5, 0.6) is 0 Å². The molecule has 0 bridgehead atoms. The number of fused-ring (bicyclic) bond motifs is 2. The molecule has 2 aliphatic heterocycles. The van der Waals surface area contributed by atoms with Crippen LogP contribution in [0, 0.1) is 18.6 Å². The van der Waals surface area contributed by atoms with Gasteiger partial charge in [0.2, 0.25) is 0 Å². The molecule has 1 unspecified atom stereocenters. The molecule has 4 nitrogen and oxygen atoms in total. The van der Waals surface area contributed by atoms with Crippen LogP contribution in [0.25, 0.3) is 0 Å². The minimum absolute atomic E-state index is 0.266. The molecule has 32 heavy (non-hydrogen) atoms. The summed E-state index contributed by atoms with van der Waals surface area (Å²) in [5.41, 5.74) is 3.39. The van der Waals surface area contributed by atoms with Crippen LogP contribution in [0.15, 0.2) is 66.7 Å². The van der Waals surface area contributed by atoms with Gasteiger partial charge in [-0.15, -0.1) is 11.8 Å². The lowest BCUT2D eigenvalue weighted by atomic mass is 10.0. The van der Waals surface area contributed by atoms with Gasteiger partial charge in [-0.25, -0.2) is 8.78 Å². The zero-order valence-electron chi connectivity index (χ0n) is 17.3. The topological polar surface area (TPSA) is 40.6 Å². The van der Waals surface area contributed by atoms with Gasteiger partial charge in [0.1, 0.15) is 11.6 Å². The molecule has 3 aromatic carbocycles. The third-order valence-corrected chi connectivity index (χ3v) is 7.33. The predicted molar refractivity (Wildman–Crippen MR) is 120 cm³/mol. The van der Waals surface area contributed by atoms with E-state index in [4.69, 9.17) is 0 Å². The van der Waals surface area contributed by atoms with Crippen molar-refractivity contribution in [2.45, 2.75) is 18.3 Å². The average molecular weight is 451 g/mol. The van der Waals surface area contributed by atoms with E-state index in [9.17, 15) is 18.4 Å². The maximum atomic E-state index is 14.3. The number of anilines is 1. The molecule has 1 saturated heterocycles. The van der Waals surface area contributed by atoms with E-state index < -0.39 is 16.5 Å². The summed E-state index contributed by atoms with van der Waals surface area (Å²) in [5.74, 6) is -1.02. The molecule has 0 aromatic heterocycles. The third kappa shape index (κ3) is 3.19. The number of hydrogen-bond donors (Lipinski definition) is 0. The molecular weight excluding hydrogens is 430 g/mol. The second kappa shape index (κ2) is 7.74. The Labute approximate surface area is 188 Å². The van der Waals surface area contributed by atoms with Crippen LogP contribution in [0.1, 0.15) is 27.0 Å². The smallest absolute Gasteiger partial charge is 0.268 e. The van der Waals surface area contributed by atoms with Gasteiger partial charge in [0.05, 0.1) is 12.2 Å². The van der Waals surface area contributed by atoms with Crippen molar-refractivity contribution >= 4 is 29.3 Å². The fourth-order valence-corrected chi connectivity index (χ4v) is 5.94. The molecule has 0 saturated carbocycles. The summed E-state index contributed by atoms with van der Waals surface area (Å²) < 4.78 is 27.7. The number of carbonyl (C=O) groups is 2. The number of rotatable bonds is 3. The highest BCUT2D eigenvalue weighted by atomic mass is 32.2. The Morgan fingerprint density at radius 2 is 1.78 bits per heavy atom. The van der Waals surface area contributed by atoms with E-state index in [-0.39, 0.29) is 17.4 Å². The average Bonchev–Trinajstić information content (AvgIpc) is 3.31. The van der Waals surface area contributed by atoms with Gasteiger partial charge in [-0.05, 0) is 55.0 Å². The largest absolute Gasteiger partial charge is 0.311 e. The number of nitrogens with zero attached hydrogens (tertiary/aromatic N) is 2. The van der Waals surface area contributed by atoms with Crippen molar-refractivity contribution in [2.75, 3.05) is 17.2 Å². The maximum absolute atomic E-state index is 14.3. The second-order valence-corrected chi connectivity index (χ2v) is 9.29. The number of halogens is 2. The van der Waals surface area contributed by atoms with Crippen LogP contribution >= 0.6 is 11.8 Å². The SMILES string of the molecule is Cc1cccc(CN2C(=O)C3(SCCN3C(=O)c3ccc(F)cc3)c3cc(F)ccc32)c1. The molecule has 5 rings (SSSR count). The summed E-state index contributed by atoms with van der Waals surface area (Å²) in [5, 5.41) is 0. The van der Waals surface area contributed by atoms with Crippen molar-refractivity contribution in [1.29, 1.82) is 0 Å². The molecular formula is C25H20F2N2O2S. The van der Waals surface area contributed by atoms with Gasteiger partial charge in [-0.2, -0.15) is 0 Å². The monoisotopic (exact) mass is 450 g/mol. The Morgan fingerprint density at radius 1 is 1.03 bits per heavy atom. The fraction of sp³-hybridized carbons (Fsp3) is 0.200. The summed E-state index contributed by atoms with van der Waals surface area (Å²) in [6.45, 7) is 2.64. The molecule has 1 fully saturated rings. The first-order valence-corrected chi connectivity index (χ1v) is 11.3. The van der Waals surface area contributed by atoms with Crippen molar-refractivity contribution in [2.24, 2.45) is 0 Å². The number of benzene rings is 3. The van der Waals surface area contributed by atoms with E-state index in [2.05, 4.69) is 0 Å². The van der Waals surface area contributed by atoms with E-state index in [0.717, 1.165) is 11.1 Å². The highest BCUT2D eigenvalue weighted by Gasteiger charge is 2.59. The maximum Gasteiger partial charge on any atom is 0.268 e. The molecule has 0 aliphatic carbocycles. The second-order valence-electron chi connectivity index (χ2n) is 8.00. The summed E-state index contributed by atoms with van der Waals surface area (Å²) in [4.78, 5) is 29.1. The van der Waals surface area contributed by atoms with E-state index in [0.29, 0.717) is 30.1 Å². The van der Waals surface area contributed by atoms with Crippen LogP contribution < -0.4 is 4.90 Å². The molecule has 2 amide bonds. The Hall–Kier alpha value is -3.19. The number of hydrogen-bond acceptors (Lipinski definition) is 3.